The van der Waals surface area contributed by atoms with Crippen molar-refractivity contribution in [2.75, 3.05) is 12.9 Å². The van der Waals surface area contributed by atoms with Gasteiger partial charge in [0.05, 0.1) is 12.7 Å². The average molecular weight is 433 g/mol. The van der Waals surface area contributed by atoms with Gasteiger partial charge in [0.1, 0.15) is 0 Å². The van der Waals surface area contributed by atoms with Gasteiger partial charge in [0, 0.05) is 16.0 Å². The Hall–Kier alpha value is -2.85. The molecule has 31 heavy (non-hydrogen) atoms. The molecule has 0 radical (unpaired) electrons. The summed E-state index contributed by atoms with van der Waals surface area (Å²) in [5.41, 5.74) is 2.91. The van der Waals surface area contributed by atoms with Crippen LogP contribution in [0, 0.1) is 0 Å². The highest BCUT2D eigenvalue weighted by Gasteiger charge is 2.24. The minimum Gasteiger partial charge on any atom is -0.465 e. The number of ether oxygens (including phenoxy) is 1. The van der Waals surface area contributed by atoms with Gasteiger partial charge in [0.2, 0.25) is 0 Å². The molecule has 0 saturated heterocycles. The number of unbranched alkanes of at least 4 members (excludes halogenated alkanes) is 3. The molecule has 3 nitrogen and oxygen atoms in total. The third-order valence-corrected chi connectivity index (χ3v) is 6.19. The van der Waals surface area contributed by atoms with Gasteiger partial charge in [-0.25, -0.2) is 4.79 Å². The summed E-state index contributed by atoms with van der Waals surface area (Å²) in [4.78, 5) is 27.2. The first-order chi connectivity index (χ1) is 15.2. The Bertz CT molecular complexity index is 1010. The molecule has 0 bridgehead atoms. The number of methoxy groups -OCH3 is 1. The maximum absolute atomic E-state index is 13.5. The third kappa shape index (κ3) is 5.86. The van der Waals surface area contributed by atoms with Crippen LogP contribution in [0.25, 0.3) is 11.1 Å². The SMILES string of the molecule is CCCCCCSc1cc(C(=O)OC)c(C(=O)c2ccccc2)c(-c2ccccc2)c1. The summed E-state index contributed by atoms with van der Waals surface area (Å²) in [7, 11) is 1.35. The highest BCUT2D eigenvalue weighted by Crippen LogP contribution is 2.34. The fraction of sp³-hybridized carbons (Fsp3) is 0.259. The van der Waals surface area contributed by atoms with Crippen LogP contribution in [0.3, 0.4) is 0 Å². The van der Waals surface area contributed by atoms with Gasteiger partial charge in [-0.1, -0.05) is 86.8 Å². The van der Waals surface area contributed by atoms with Crippen LogP contribution in [-0.2, 0) is 4.74 Å². The van der Waals surface area contributed by atoms with Crippen molar-refractivity contribution in [3.05, 3.63) is 89.5 Å². The number of carbonyl (C=O) groups excluding carboxylic acids is 2. The van der Waals surface area contributed by atoms with Crippen molar-refractivity contribution in [2.24, 2.45) is 0 Å². The fourth-order valence-electron chi connectivity index (χ4n) is 3.51. The largest absolute Gasteiger partial charge is 0.465 e. The smallest absolute Gasteiger partial charge is 0.338 e. The number of hydrogen-bond donors (Lipinski definition) is 0. The molecule has 3 aromatic rings. The molecule has 0 fully saturated rings. The second-order valence-corrected chi connectivity index (χ2v) is 8.52. The molecule has 0 aromatic heterocycles. The van der Waals surface area contributed by atoms with Gasteiger partial charge in [-0.15, -0.1) is 11.8 Å². The summed E-state index contributed by atoms with van der Waals surface area (Å²) in [6.45, 7) is 2.20. The Labute approximate surface area is 188 Å². The molecule has 0 atom stereocenters. The molecule has 0 aliphatic rings. The zero-order valence-electron chi connectivity index (χ0n) is 18.1. The second-order valence-electron chi connectivity index (χ2n) is 7.36. The van der Waals surface area contributed by atoms with Crippen LogP contribution in [0.4, 0.5) is 0 Å². The van der Waals surface area contributed by atoms with Crippen LogP contribution < -0.4 is 0 Å². The molecule has 0 spiro atoms. The zero-order valence-corrected chi connectivity index (χ0v) is 18.9. The van der Waals surface area contributed by atoms with E-state index >= 15 is 0 Å². The lowest BCUT2D eigenvalue weighted by molar-refractivity contribution is 0.0597. The van der Waals surface area contributed by atoms with E-state index in [1.807, 2.05) is 54.6 Å². The number of ketones is 1. The Kier molecular flexibility index (Phi) is 8.48. The number of carbonyl (C=O) groups is 2. The Balaban J connectivity index is 2.10. The van der Waals surface area contributed by atoms with Crippen LogP contribution in [-0.4, -0.2) is 24.6 Å². The normalized spacial score (nSPS) is 10.6. The van der Waals surface area contributed by atoms with Crippen molar-refractivity contribution in [1.82, 2.24) is 0 Å². The number of thioether (sulfide) groups is 1. The molecule has 0 unspecified atom stereocenters. The maximum atomic E-state index is 13.5. The van der Waals surface area contributed by atoms with Crippen molar-refractivity contribution in [3.63, 3.8) is 0 Å². The molecular weight excluding hydrogens is 404 g/mol. The van der Waals surface area contributed by atoms with Crippen molar-refractivity contribution >= 4 is 23.5 Å². The summed E-state index contributed by atoms with van der Waals surface area (Å²) in [6, 6.07) is 22.7. The lowest BCUT2D eigenvalue weighted by Crippen LogP contribution is -2.13. The molecule has 0 aliphatic carbocycles. The van der Waals surface area contributed by atoms with Crippen LogP contribution in [0.1, 0.15) is 58.9 Å². The van der Waals surface area contributed by atoms with Crippen molar-refractivity contribution in [3.8, 4) is 11.1 Å². The average Bonchev–Trinajstić information content (AvgIpc) is 2.83. The molecule has 0 amide bonds. The summed E-state index contributed by atoms with van der Waals surface area (Å²) in [5, 5.41) is 0. The standard InChI is InChI=1S/C27H28O3S/c1-3-4-5-12-17-31-22-18-23(20-13-8-6-9-14-20)25(24(19-22)27(29)30-2)26(28)21-15-10-7-11-16-21/h6-11,13-16,18-19H,3-5,12,17H2,1-2H3. The predicted molar refractivity (Wildman–Crippen MR) is 128 cm³/mol. The Morgan fingerprint density at radius 3 is 2.19 bits per heavy atom. The van der Waals surface area contributed by atoms with Crippen LogP contribution in [0.15, 0.2) is 77.7 Å². The van der Waals surface area contributed by atoms with E-state index in [1.165, 1.54) is 26.4 Å². The van der Waals surface area contributed by atoms with Crippen LogP contribution in [0.2, 0.25) is 0 Å². The summed E-state index contributed by atoms with van der Waals surface area (Å²) in [6.07, 6.45) is 4.75. The van der Waals surface area contributed by atoms with E-state index in [0.29, 0.717) is 16.7 Å². The van der Waals surface area contributed by atoms with E-state index < -0.39 is 5.97 Å². The lowest BCUT2D eigenvalue weighted by atomic mass is 9.90. The minimum absolute atomic E-state index is 0.181. The van der Waals surface area contributed by atoms with Crippen molar-refractivity contribution < 1.29 is 14.3 Å². The van der Waals surface area contributed by atoms with Crippen molar-refractivity contribution in [2.45, 2.75) is 37.5 Å². The van der Waals surface area contributed by atoms with E-state index in [1.54, 1.807) is 30.0 Å². The number of esters is 1. The molecular formula is C27H28O3S. The highest BCUT2D eigenvalue weighted by molar-refractivity contribution is 7.99. The molecule has 4 heteroatoms. The molecule has 3 rings (SSSR count). The molecule has 0 heterocycles. The quantitative estimate of drug-likeness (QED) is 0.149. The first kappa shape index (κ1) is 22.8. The second kappa shape index (κ2) is 11.5. The maximum Gasteiger partial charge on any atom is 0.338 e. The van der Waals surface area contributed by atoms with Crippen molar-refractivity contribution in [1.29, 1.82) is 0 Å². The van der Waals surface area contributed by atoms with Crippen LogP contribution in [0.5, 0.6) is 0 Å². The first-order valence-electron chi connectivity index (χ1n) is 10.7. The molecule has 3 aromatic carbocycles. The van der Waals surface area contributed by atoms with E-state index in [2.05, 4.69) is 6.92 Å². The van der Waals surface area contributed by atoms with Gasteiger partial charge in [-0.2, -0.15) is 0 Å². The van der Waals surface area contributed by atoms with E-state index in [9.17, 15) is 9.59 Å². The molecule has 0 saturated carbocycles. The number of hydrogen-bond acceptors (Lipinski definition) is 4. The third-order valence-electron chi connectivity index (χ3n) is 5.13. The van der Waals surface area contributed by atoms with Gasteiger partial charge in [-0.05, 0) is 35.4 Å². The van der Waals surface area contributed by atoms with E-state index in [-0.39, 0.29) is 5.78 Å². The molecule has 0 aliphatic heterocycles. The van der Waals surface area contributed by atoms with Gasteiger partial charge in [0.25, 0.3) is 0 Å². The highest BCUT2D eigenvalue weighted by atomic mass is 32.2. The zero-order chi connectivity index (χ0) is 22.1. The van der Waals surface area contributed by atoms with E-state index in [0.717, 1.165) is 28.2 Å². The van der Waals surface area contributed by atoms with Gasteiger partial charge < -0.3 is 4.74 Å². The fourth-order valence-corrected chi connectivity index (χ4v) is 4.50. The Morgan fingerprint density at radius 2 is 1.55 bits per heavy atom. The monoisotopic (exact) mass is 432 g/mol. The topological polar surface area (TPSA) is 43.4 Å². The van der Waals surface area contributed by atoms with Gasteiger partial charge in [0.15, 0.2) is 5.78 Å². The van der Waals surface area contributed by atoms with E-state index in [4.69, 9.17) is 4.74 Å². The minimum atomic E-state index is -0.495. The summed E-state index contributed by atoms with van der Waals surface area (Å²) >= 11 is 1.72. The molecule has 0 N–H and O–H groups in total. The van der Waals surface area contributed by atoms with Gasteiger partial charge in [-0.3, -0.25) is 4.79 Å². The van der Waals surface area contributed by atoms with Crippen LogP contribution >= 0.6 is 11.8 Å². The first-order valence-corrected chi connectivity index (χ1v) is 11.7. The lowest BCUT2D eigenvalue weighted by Gasteiger charge is -2.16. The van der Waals surface area contributed by atoms with Gasteiger partial charge >= 0.3 is 5.97 Å². The number of benzene rings is 3. The predicted octanol–water partition coefficient (Wildman–Crippen LogP) is 7.04. The number of rotatable bonds is 10. The summed E-state index contributed by atoms with van der Waals surface area (Å²) < 4.78 is 5.07. The Morgan fingerprint density at radius 1 is 0.871 bits per heavy atom. The molecule has 160 valence electrons. The summed E-state index contributed by atoms with van der Waals surface area (Å²) in [5.74, 6) is 0.296.